The van der Waals surface area contributed by atoms with E-state index in [4.69, 9.17) is 5.73 Å². The quantitative estimate of drug-likeness (QED) is 0.425. The predicted molar refractivity (Wildman–Crippen MR) is 85.7 cm³/mol. The molecule has 108 valence electrons. The topological polar surface area (TPSA) is 26.0 Å². The van der Waals surface area contributed by atoms with Crippen LogP contribution in [-0.4, -0.2) is 6.54 Å². The molecule has 0 unspecified atom stereocenters. The highest BCUT2D eigenvalue weighted by molar-refractivity contribution is 5.25. The maximum atomic E-state index is 5.24. The minimum absolute atomic E-state index is 0.410. The molecule has 0 aromatic rings. The Morgan fingerprint density at radius 3 is 1.63 bits per heavy atom. The van der Waals surface area contributed by atoms with Gasteiger partial charge in [-0.15, -0.1) is 0 Å². The van der Waals surface area contributed by atoms with Gasteiger partial charge in [0, 0.05) is 6.42 Å². The standard InChI is InChI=1S/C18H31N/c1-2-3-4-5-6-7-8-9-10-11-12-13-14-15-16-17-18-19/h2-13,18-19H2,1H3. The van der Waals surface area contributed by atoms with Crippen molar-refractivity contribution in [2.24, 2.45) is 5.73 Å². The minimum atomic E-state index is 0.410. The van der Waals surface area contributed by atoms with Crippen LogP contribution in [0.1, 0.15) is 84.0 Å². The Morgan fingerprint density at radius 1 is 0.632 bits per heavy atom. The molecule has 0 heterocycles. The van der Waals surface area contributed by atoms with Crippen LogP contribution in [0.15, 0.2) is 0 Å². The lowest BCUT2D eigenvalue weighted by Crippen LogP contribution is -1.92. The van der Waals surface area contributed by atoms with Gasteiger partial charge in [-0.25, -0.2) is 0 Å². The lowest BCUT2D eigenvalue weighted by Gasteiger charge is -2.01. The number of nitrogens with two attached hydrogens (primary N) is 1. The Kier molecular flexibility index (Phi) is 16.3. The second-order valence-electron chi connectivity index (χ2n) is 5.09. The van der Waals surface area contributed by atoms with E-state index in [1.807, 2.05) is 0 Å². The Bertz CT molecular complexity index is 284. The third kappa shape index (κ3) is 17.1. The van der Waals surface area contributed by atoms with E-state index in [0.29, 0.717) is 6.54 Å². The zero-order chi connectivity index (χ0) is 14.0. The SMILES string of the molecule is CCCCCCCCCCCCCC#CC#CCN. The first-order valence-corrected chi connectivity index (χ1v) is 8.07. The molecular weight excluding hydrogens is 230 g/mol. The van der Waals surface area contributed by atoms with Crippen LogP contribution in [0, 0.1) is 23.7 Å². The van der Waals surface area contributed by atoms with Crippen molar-refractivity contribution in [1.82, 2.24) is 0 Å². The third-order valence-corrected chi connectivity index (χ3v) is 3.25. The van der Waals surface area contributed by atoms with E-state index < -0.39 is 0 Å². The largest absolute Gasteiger partial charge is 0.320 e. The van der Waals surface area contributed by atoms with Crippen LogP contribution in [-0.2, 0) is 0 Å². The van der Waals surface area contributed by atoms with Gasteiger partial charge >= 0.3 is 0 Å². The van der Waals surface area contributed by atoms with Gasteiger partial charge in [0.1, 0.15) is 0 Å². The van der Waals surface area contributed by atoms with Crippen LogP contribution in [0.2, 0.25) is 0 Å². The number of hydrogen-bond donors (Lipinski definition) is 1. The lowest BCUT2D eigenvalue weighted by molar-refractivity contribution is 0.551. The molecule has 1 heteroatoms. The second kappa shape index (κ2) is 17.1. The Hall–Kier alpha value is -0.920. The van der Waals surface area contributed by atoms with Crippen LogP contribution in [0.5, 0.6) is 0 Å². The summed E-state index contributed by atoms with van der Waals surface area (Å²) in [4.78, 5) is 0. The van der Waals surface area contributed by atoms with Gasteiger partial charge in [0.25, 0.3) is 0 Å². The Balaban J connectivity index is 3.08. The van der Waals surface area contributed by atoms with E-state index in [9.17, 15) is 0 Å². The lowest BCUT2D eigenvalue weighted by atomic mass is 10.1. The zero-order valence-corrected chi connectivity index (χ0v) is 12.8. The van der Waals surface area contributed by atoms with E-state index in [-0.39, 0.29) is 0 Å². The van der Waals surface area contributed by atoms with Gasteiger partial charge < -0.3 is 5.73 Å². The van der Waals surface area contributed by atoms with Crippen LogP contribution >= 0.6 is 0 Å². The van der Waals surface area contributed by atoms with Crippen molar-refractivity contribution in [3.63, 3.8) is 0 Å². The number of unbranched alkanes of at least 4 members (excludes halogenated alkanes) is 11. The third-order valence-electron chi connectivity index (χ3n) is 3.25. The smallest absolute Gasteiger partial charge is 0.0561 e. The van der Waals surface area contributed by atoms with Gasteiger partial charge in [0.05, 0.1) is 6.54 Å². The fourth-order valence-electron chi connectivity index (χ4n) is 2.08. The maximum absolute atomic E-state index is 5.24. The van der Waals surface area contributed by atoms with Gasteiger partial charge in [-0.1, -0.05) is 83.0 Å². The van der Waals surface area contributed by atoms with Gasteiger partial charge in [-0.2, -0.15) is 0 Å². The molecule has 0 amide bonds. The summed E-state index contributed by atoms with van der Waals surface area (Å²) in [7, 11) is 0. The summed E-state index contributed by atoms with van der Waals surface area (Å²) in [6.45, 7) is 2.68. The van der Waals surface area contributed by atoms with Gasteiger partial charge in [0.2, 0.25) is 0 Å². The molecule has 0 aliphatic carbocycles. The number of rotatable bonds is 11. The average molecular weight is 261 g/mol. The average Bonchev–Trinajstić information content (AvgIpc) is 2.43. The van der Waals surface area contributed by atoms with Crippen LogP contribution < -0.4 is 5.73 Å². The molecule has 0 fully saturated rings. The molecule has 0 bridgehead atoms. The fraction of sp³-hybridized carbons (Fsp3) is 0.778. The summed E-state index contributed by atoms with van der Waals surface area (Å²) in [6, 6.07) is 0. The second-order valence-corrected chi connectivity index (χ2v) is 5.09. The van der Waals surface area contributed by atoms with Crippen molar-refractivity contribution in [2.75, 3.05) is 6.54 Å². The van der Waals surface area contributed by atoms with Gasteiger partial charge in [-0.3, -0.25) is 0 Å². The molecule has 19 heavy (non-hydrogen) atoms. The first-order chi connectivity index (χ1) is 9.41. The van der Waals surface area contributed by atoms with E-state index in [1.165, 1.54) is 70.6 Å². The van der Waals surface area contributed by atoms with E-state index in [2.05, 4.69) is 30.6 Å². The summed E-state index contributed by atoms with van der Waals surface area (Å²) >= 11 is 0. The van der Waals surface area contributed by atoms with Crippen LogP contribution in [0.25, 0.3) is 0 Å². The molecule has 0 aromatic carbocycles. The van der Waals surface area contributed by atoms with Crippen LogP contribution in [0.4, 0.5) is 0 Å². The van der Waals surface area contributed by atoms with Crippen molar-refractivity contribution >= 4 is 0 Å². The summed E-state index contributed by atoms with van der Waals surface area (Å²) in [5.41, 5.74) is 5.24. The first kappa shape index (κ1) is 18.1. The normalized spacial score (nSPS) is 9.37. The fourth-order valence-corrected chi connectivity index (χ4v) is 2.08. The highest BCUT2D eigenvalue weighted by Gasteiger charge is 1.92. The molecule has 1 nitrogen and oxygen atoms in total. The van der Waals surface area contributed by atoms with E-state index in [0.717, 1.165) is 6.42 Å². The molecule has 0 aliphatic rings. The Labute approximate surface area is 120 Å². The summed E-state index contributed by atoms with van der Waals surface area (Å²) in [5.74, 6) is 11.4. The van der Waals surface area contributed by atoms with E-state index >= 15 is 0 Å². The number of hydrogen-bond acceptors (Lipinski definition) is 1. The molecule has 0 saturated heterocycles. The molecule has 0 rings (SSSR count). The zero-order valence-electron chi connectivity index (χ0n) is 12.8. The van der Waals surface area contributed by atoms with Crippen molar-refractivity contribution in [1.29, 1.82) is 0 Å². The molecule has 0 spiro atoms. The van der Waals surface area contributed by atoms with Crippen molar-refractivity contribution < 1.29 is 0 Å². The molecule has 0 radical (unpaired) electrons. The summed E-state index contributed by atoms with van der Waals surface area (Å²) < 4.78 is 0. The Morgan fingerprint density at radius 2 is 1.11 bits per heavy atom. The van der Waals surface area contributed by atoms with Crippen molar-refractivity contribution in [3.05, 3.63) is 0 Å². The molecule has 0 saturated carbocycles. The first-order valence-electron chi connectivity index (χ1n) is 8.07. The molecular formula is C18H31N. The highest BCUT2D eigenvalue weighted by Crippen LogP contribution is 2.11. The predicted octanol–water partition coefficient (Wildman–Crippen LogP) is 4.65. The summed E-state index contributed by atoms with van der Waals surface area (Å²) in [6.07, 6.45) is 16.2. The molecule has 2 N–H and O–H groups in total. The minimum Gasteiger partial charge on any atom is -0.320 e. The van der Waals surface area contributed by atoms with Gasteiger partial charge in [0.15, 0.2) is 0 Å². The van der Waals surface area contributed by atoms with Crippen LogP contribution in [0.3, 0.4) is 0 Å². The van der Waals surface area contributed by atoms with Crippen molar-refractivity contribution in [2.45, 2.75) is 84.0 Å². The summed E-state index contributed by atoms with van der Waals surface area (Å²) in [5, 5.41) is 0. The molecule has 0 aromatic heterocycles. The molecule has 0 atom stereocenters. The van der Waals surface area contributed by atoms with Gasteiger partial charge in [-0.05, 0) is 18.3 Å². The van der Waals surface area contributed by atoms with E-state index in [1.54, 1.807) is 0 Å². The maximum Gasteiger partial charge on any atom is 0.0561 e. The monoisotopic (exact) mass is 261 g/mol. The highest BCUT2D eigenvalue weighted by atomic mass is 14.5. The van der Waals surface area contributed by atoms with Crippen molar-refractivity contribution in [3.8, 4) is 23.7 Å². The molecule has 0 aliphatic heterocycles.